The van der Waals surface area contributed by atoms with Gasteiger partial charge in [0, 0.05) is 6.61 Å². The van der Waals surface area contributed by atoms with E-state index in [-0.39, 0.29) is 0 Å². The quantitative estimate of drug-likeness (QED) is 0.836. The molecule has 0 radical (unpaired) electrons. The van der Waals surface area contributed by atoms with Crippen molar-refractivity contribution in [3.8, 4) is 0 Å². The van der Waals surface area contributed by atoms with E-state index in [2.05, 4.69) is 5.32 Å². The Morgan fingerprint density at radius 3 is 2.56 bits per heavy atom. The third-order valence-electron chi connectivity index (χ3n) is 3.28. The van der Waals surface area contributed by atoms with Crippen LogP contribution in [-0.2, 0) is 11.3 Å². The highest BCUT2D eigenvalue weighted by molar-refractivity contribution is 5.87. The second-order valence-corrected chi connectivity index (χ2v) is 4.71. The normalized spacial score (nSPS) is 16.7. The molecule has 2 rings (SSSR count). The fourth-order valence-electron chi connectivity index (χ4n) is 2.14. The summed E-state index contributed by atoms with van der Waals surface area (Å²) in [6.07, 6.45) is 2.36. The van der Waals surface area contributed by atoms with Gasteiger partial charge in [-0.2, -0.15) is 0 Å². The Morgan fingerprint density at radius 2 is 1.94 bits per heavy atom. The molecule has 1 aromatic rings. The number of carbonyl (C=O) groups is 1. The summed E-state index contributed by atoms with van der Waals surface area (Å²) in [5, 5.41) is 12.1. The minimum atomic E-state index is -0.892. The van der Waals surface area contributed by atoms with Crippen LogP contribution >= 0.6 is 0 Å². The number of rotatable bonds is 5. The maximum absolute atomic E-state index is 10.7. The highest BCUT2D eigenvalue weighted by Gasteiger charge is 2.12. The van der Waals surface area contributed by atoms with E-state index in [1.54, 1.807) is 12.1 Å². The van der Waals surface area contributed by atoms with Gasteiger partial charge in [-0.3, -0.25) is 0 Å². The zero-order valence-corrected chi connectivity index (χ0v) is 10.4. The van der Waals surface area contributed by atoms with Gasteiger partial charge in [0.15, 0.2) is 0 Å². The summed E-state index contributed by atoms with van der Waals surface area (Å²) < 4.78 is 5.68. The maximum atomic E-state index is 10.7. The fourth-order valence-corrected chi connectivity index (χ4v) is 2.14. The van der Waals surface area contributed by atoms with Crippen molar-refractivity contribution in [2.24, 2.45) is 5.92 Å². The Bertz CT molecular complexity index is 383. The van der Waals surface area contributed by atoms with Gasteiger partial charge in [-0.05, 0) is 49.5 Å². The third-order valence-corrected chi connectivity index (χ3v) is 3.28. The predicted molar refractivity (Wildman–Crippen MR) is 68.7 cm³/mol. The SMILES string of the molecule is O=C(O)c1ccc(COCC2CCNCC2)cc1. The molecule has 1 saturated heterocycles. The smallest absolute Gasteiger partial charge is 0.335 e. The zero-order valence-electron chi connectivity index (χ0n) is 10.4. The van der Waals surface area contributed by atoms with Crippen molar-refractivity contribution < 1.29 is 14.6 Å². The second kappa shape index (κ2) is 6.52. The van der Waals surface area contributed by atoms with Gasteiger partial charge in [0.25, 0.3) is 0 Å². The molecule has 2 N–H and O–H groups in total. The largest absolute Gasteiger partial charge is 0.478 e. The van der Waals surface area contributed by atoms with Gasteiger partial charge in [-0.25, -0.2) is 4.79 Å². The van der Waals surface area contributed by atoms with Crippen molar-refractivity contribution in [1.29, 1.82) is 0 Å². The van der Waals surface area contributed by atoms with Gasteiger partial charge in [0.05, 0.1) is 12.2 Å². The summed E-state index contributed by atoms with van der Waals surface area (Å²) in [6.45, 7) is 3.52. The van der Waals surface area contributed by atoms with E-state index >= 15 is 0 Å². The van der Waals surface area contributed by atoms with E-state index in [9.17, 15) is 4.79 Å². The lowest BCUT2D eigenvalue weighted by molar-refractivity contribution is 0.0695. The molecule has 98 valence electrons. The van der Waals surface area contributed by atoms with Gasteiger partial charge >= 0.3 is 5.97 Å². The van der Waals surface area contributed by atoms with Crippen molar-refractivity contribution in [3.05, 3.63) is 35.4 Å². The molecule has 0 aromatic heterocycles. The zero-order chi connectivity index (χ0) is 12.8. The number of benzene rings is 1. The Kier molecular flexibility index (Phi) is 4.73. The van der Waals surface area contributed by atoms with Crippen LogP contribution in [0.5, 0.6) is 0 Å². The minimum absolute atomic E-state index is 0.317. The average molecular weight is 249 g/mol. The molecular weight excluding hydrogens is 230 g/mol. The number of nitrogens with one attached hydrogen (secondary N) is 1. The number of ether oxygens (including phenoxy) is 1. The average Bonchev–Trinajstić information content (AvgIpc) is 2.40. The summed E-state index contributed by atoms with van der Waals surface area (Å²) in [5.41, 5.74) is 1.34. The van der Waals surface area contributed by atoms with Crippen molar-refractivity contribution >= 4 is 5.97 Å². The standard InChI is InChI=1S/C14H19NO3/c16-14(17)13-3-1-11(2-4-13)9-18-10-12-5-7-15-8-6-12/h1-4,12,15H,5-10H2,(H,16,17). The summed E-state index contributed by atoms with van der Waals surface area (Å²) in [5.74, 6) is -0.235. The van der Waals surface area contributed by atoms with Crippen LogP contribution in [0, 0.1) is 5.92 Å². The molecule has 1 aliphatic heterocycles. The third kappa shape index (κ3) is 3.82. The lowest BCUT2D eigenvalue weighted by Gasteiger charge is -2.22. The van der Waals surface area contributed by atoms with Gasteiger partial charge in [-0.1, -0.05) is 12.1 Å². The number of carboxylic acid groups (broad SMARTS) is 1. The summed E-state index contributed by atoms with van der Waals surface area (Å²) in [4.78, 5) is 10.7. The van der Waals surface area contributed by atoms with Gasteiger partial charge < -0.3 is 15.2 Å². The van der Waals surface area contributed by atoms with Crippen LogP contribution in [0.3, 0.4) is 0 Å². The number of piperidine rings is 1. The molecule has 18 heavy (non-hydrogen) atoms. The molecule has 0 spiro atoms. The fraction of sp³-hybridized carbons (Fsp3) is 0.500. The van der Waals surface area contributed by atoms with E-state index in [4.69, 9.17) is 9.84 Å². The maximum Gasteiger partial charge on any atom is 0.335 e. The molecule has 0 unspecified atom stereocenters. The van der Waals surface area contributed by atoms with E-state index < -0.39 is 5.97 Å². The Hall–Kier alpha value is -1.39. The number of hydrogen-bond donors (Lipinski definition) is 2. The number of hydrogen-bond acceptors (Lipinski definition) is 3. The van der Waals surface area contributed by atoms with E-state index in [1.165, 1.54) is 12.8 Å². The monoisotopic (exact) mass is 249 g/mol. The van der Waals surface area contributed by atoms with Gasteiger partial charge in [-0.15, -0.1) is 0 Å². The molecule has 1 heterocycles. The molecule has 0 atom stereocenters. The van der Waals surface area contributed by atoms with Crippen LogP contribution in [-0.4, -0.2) is 30.8 Å². The van der Waals surface area contributed by atoms with Crippen molar-refractivity contribution in [2.75, 3.05) is 19.7 Å². The first-order chi connectivity index (χ1) is 8.75. The Labute approximate surface area is 107 Å². The summed E-state index contributed by atoms with van der Waals surface area (Å²) >= 11 is 0. The Morgan fingerprint density at radius 1 is 1.28 bits per heavy atom. The minimum Gasteiger partial charge on any atom is -0.478 e. The van der Waals surface area contributed by atoms with Crippen LogP contribution in [0.1, 0.15) is 28.8 Å². The van der Waals surface area contributed by atoms with E-state index in [0.717, 1.165) is 25.3 Å². The lowest BCUT2D eigenvalue weighted by atomic mass is 9.99. The van der Waals surface area contributed by atoms with E-state index in [1.807, 2.05) is 12.1 Å². The first kappa shape index (κ1) is 13.1. The topological polar surface area (TPSA) is 58.6 Å². The second-order valence-electron chi connectivity index (χ2n) is 4.71. The highest BCUT2D eigenvalue weighted by Crippen LogP contribution is 2.13. The van der Waals surface area contributed by atoms with Gasteiger partial charge in [0.2, 0.25) is 0 Å². The molecule has 0 amide bonds. The molecular formula is C14H19NO3. The van der Waals surface area contributed by atoms with Crippen molar-refractivity contribution in [3.63, 3.8) is 0 Å². The number of aromatic carboxylic acids is 1. The molecule has 0 saturated carbocycles. The van der Waals surface area contributed by atoms with Crippen molar-refractivity contribution in [1.82, 2.24) is 5.32 Å². The lowest BCUT2D eigenvalue weighted by Crippen LogP contribution is -2.29. The van der Waals surface area contributed by atoms with Crippen LogP contribution < -0.4 is 5.32 Å². The molecule has 4 nitrogen and oxygen atoms in total. The van der Waals surface area contributed by atoms with Crippen LogP contribution in [0.4, 0.5) is 0 Å². The molecule has 1 fully saturated rings. The van der Waals surface area contributed by atoms with Crippen LogP contribution in [0.2, 0.25) is 0 Å². The van der Waals surface area contributed by atoms with Gasteiger partial charge in [0.1, 0.15) is 0 Å². The summed E-state index contributed by atoms with van der Waals surface area (Å²) in [6, 6.07) is 6.86. The predicted octanol–water partition coefficient (Wildman–Crippen LogP) is 1.90. The molecule has 1 aliphatic rings. The molecule has 4 heteroatoms. The molecule has 0 aliphatic carbocycles. The van der Waals surface area contributed by atoms with Crippen LogP contribution in [0.15, 0.2) is 24.3 Å². The molecule has 0 bridgehead atoms. The van der Waals surface area contributed by atoms with Crippen LogP contribution in [0.25, 0.3) is 0 Å². The Balaban J connectivity index is 1.74. The highest BCUT2D eigenvalue weighted by atomic mass is 16.5. The molecule has 1 aromatic carbocycles. The first-order valence-corrected chi connectivity index (χ1v) is 6.36. The number of carboxylic acids is 1. The summed E-state index contributed by atoms with van der Waals surface area (Å²) in [7, 11) is 0. The van der Waals surface area contributed by atoms with E-state index in [0.29, 0.717) is 18.1 Å². The van der Waals surface area contributed by atoms with Crippen molar-refractivity contribution in [2.45, 2.75) is 19.4 Å². The first-order valence-electron chi connectivity index (χ1n) is 6.36.